The van der Waals surface area contributed by atoms with E-state index in [0.717, 1.165) is 16.5 Å². The molecule has 0 saturated carbocycles. The Hall–Kier alpha value is -2.38. The van der Waals surface area contributed by atoms with Crippen LogP contribution in [0.15, 0.2) is 30.5 Å². The first kappa shape index (κ1) is 15.0. The number of nitrogens with one attached hydrogen (secondary N) is 2. The highest BCUT2D eigenvalue weighted by Crippen LogP contribution is 2.18. The van der Waals surface area contributed by atoms with E-state index in [1.165, 1.54) is 0 Å². The van der Waals surface area contributed by atoms with Crippen LogP contribution in [0.25, 0.3) is 10.9 Å². The van der Waals surface area contributed by atoms with Crippen molar-refractivity contribution in [3.05, 3.63) is 36.0 Å². The van der Waals surface area contributed by atoms with E-state index in [-0.39, 0.29) is 6.42 Å². The Labute approximate surface area is 120 Å². The minimum atomic E-state index is -1.34. The smallest absolute Gasteiger partial charge is 0.328 e. The monoisotopic (exact) mass is 291 g/mol. The van der Waals surface area contributed by atoms with Crippen LogP contribution in [0.1, 0.15) is 5.56 Å². The normalized spacial score (nSPS) is 13.8. The fraction of sp³-hybridized carbons (Fsp3) is 0.286. The van der Waals surface area contributed by atoms with Crippen molar-refractivity contribution < 1.29 is 19.8 Å². The molecule has 0 fully saturated rings. The number of hydrogen-bond donors (Lipinski definition) is 5. The maximum absolute atomic E-state index is 11.9. The summed E-state index contributed by atoms with van der Waals surface area (Å²) in [6.45, 7) is -0.680. The number of carbonyl (C=O) groups is 2. The number of aliphatic carboxylic acids is 1. The van der Waals surface area contributed by atoms with Crippen molar-refractivity contribution in [2.75, 3.05) is 6.61 Å². The number of aromatic nitrogens is 1. The number of fused-ring (bicyclic) bond motifs is 1. The van der Waals surface area contributed by atoms with Crippen molar-refractivity contribution in [2.24, 2.45) is 5.73 Å². The minimum absolute atomic E-state index is 0.271. The van der Waals surface area contributed by atoms with Crippen LogP contribution in [-0.2, 0) is 16.0 Å². The molecule has 2 atom stereocenters. The summed E-state index contributed by atoms with van der Waals surface area (Å²) in [4.78, 5) is 25.7. The number of para-hydroxylation sites is 1. The summed E-state index contributed by atoms with van der Waals surface area (Å²) in [6, 6.07) is 5.38. The summed E-state index contributed by atoms with van der Waals surface area (Å²) in [7, 11) is 0. The van der Waals surface area contributed by atoms with E-state index in [1.807, 2.05) is 24.3 Å². The zero-order valence-electron chi connectivity index (χ0n) is 11.2. The molecule has 1 unspecified atom stereocenters. The summed E-state index contributed by atoms with van der Waals surface area (Å²) in [5, 5.41) is 20.8. The van der Waals surface area contributed by atoms with Gasteiger partial charge in [0.15, 0.2) is 0 Å². The SMILES string of the molecule is NC(Cc1c[nH]c2ccccc12)C(=O)N[C@@H](CO)C(=O)O. The van der Waals surface area contributed by atoms with Gasteiger partial charge in [0.1, 0.15) is 6.04 Å². The fourth-order valence-corrected chi connectivity index (χ4v) is 2.09. The van der Waals surface area contributed by atoms with Crippen LogP contribution in [0, 0.1) is 0 Å². The Morgan fingerprint density at radius 1 is 1.33 bits per heavy atom. The molecule has 0 bridgehead atoms. The molecule has 0 aliphatic carbocycles. The van der Waals surface area contributed by atoms with Gasteiger partial charge in [-0.05, 0) is 18.1 Å². The molecule has 6 N–H and O–H groups in total. The molecule has 0 aliphatic heterocycles. The number of aliphatic hydroxyl groups excluding tert-OH is 1. The van der Waals surface area contributed by atoms with Crippen LogP contribution in [-0.4, -0.2) is 45.8 Å². The van der Waals surface area contributed by atoms with Crippen LogP contribution >= 0.6 is 0 Å². The Morgan fingerprint density at radius 3 is 2.71 bits per heavy atom. The lowest BCUT2D eigenvalue weighted by Crippen LogP contribution is -2.50. The molecule has 1 amide bonds. The molecule has 112 valence electrons. The lowest BCUT2D eigenvalue weighted by Gasteiger charge is -2.15. The average Bonchev–Trinajstić information content (AvgIpc) is 2.87. The van der Waals surface area contributed by atoms with Crippen molar-refractivity contribution in [3.63, 3.8) is 0 Å². The number of H-pyrrole nitrogens is 1. The third-order valence-electron chi connectivity index (χ3n) is 3.25. The first-order chi connectivity index (χ1) is 10.0. The molecular weight excluding hydrogens is 274 g/mol. The Balaban J connectivity index is 2.05. The third kappa shape index (κ3) is 3.39. The maximum Gasteiger partial charge on any atom is 0.328 e. The number of carboxylic acid groups (broad SMARTS) is 1. The van der Waals surface area contributed by atoms with Gasteiger partial charge in [-0.1, -0.05) is 18.2 Å². The summed E-state index contributed by atoms with van der Waals surface area (Å²) < 4.78 is 0. The molecule has 0 saturated heterocycles. The third-order valence-corrected chi connectivity index (χ3v) is 3.25. The summed E-state index contributed by atoms with van der Waals surface area (Å²) in [5.74, 6) is -1.91. The number of aliphatic hydroxyl groups is 1. The Morgan fingerprint density at radius 2 is 2.05 bits per heavy atom. The van der Waals surface area contributed by atoms with Crippen LogP contribution in [0.4, 0.5) is 0 Å². The topological polar surface area (TPSA) is 128 Å². The lowest BCUT2D eigenvalue weighted by atomic mass is 10.0. The van der Waals surface area contributed by atoms with Gasteiger partial charge in [-0.15, -0.1) is 0 Å². The van der Waals surface area contributed by atoms with E-state index in [0.29, 0.717) is 0 Å². The summed E-state index contributed by atoms with van der Waals surface area (Å²) >= 11 is 0. The molecule has 1 aromatic carbocycles. The highest BCUT2D eigenvalue weighted by Gasteiger charge is 2.23. The first-order valence-corrected chi connectivity index (χ1v) is 6.47. The second-order valence-electron chi connectivity index (χ2n) is 4.75. The van der Waals surface area contributed by atoms with E-state index < -0.39 is 30.6 Å². The van der Waals surface area contributed by atoms with Gasteiger partial charge in [0.2, 0.25) is 5.91 Å². The molecule has 1 heterocycles. The van der Waals surface area contributed by atoms with E-state index in [9.17, 15) is 9.59 Å². The van der Waals surface area contributed by atoms with Gasteiger partial charge < -0.3 is 26.2 Å². The van der Waals surface area contributed by atoms with Gasteiger partial charge in [-0.25, -0.2) is 4.79 Å². The number of hydrogen-bond acceptors (Lipinski definition) is 4. The minimum Gasteiger partial charge on any atom is -0.480 e. The summed E-state index contributed by atoms with van der Waals surface area (Å²) in [6.07, 6.45) is 2.05. The quantitative estimate of drug-likeness (QED) is 0.494. The van der Waals surface area contributed by atoms with Crippen molar-refractivity contribution in [1.29, 1.82) is 0 Å². The molecule has 0 spiro atoms. The van der Waals surface area contributed by atoms with Gasteiger partial charge in [0, 0.05) is 17.1 Å². The molecule has 2 aromatic rings. The van der Waals surface area contributed by atoms with Crippen molar-refractivity contribution in [1.82, 2.24) is 10.3 Å². The van der Waals surface area contributed by atoms with E-state index in [4.69, 9.17) is 15.9 Å². The molecule has 2 rings (SSSR count). The zero-order chi connectivity index (χ0) is 15.4. The predicted molar refractivity (Wildman–Crippen MR) is 76.6 cm³/mol. The van der Waals surface area contributed by atoms with Gasteiger partial charge in [-0.2, -0.15) is 0 Å². The van der Waals surface area contributed by atoms with E-state index in [2.05, 4.69) is 10.3 Å². The van der Waals surface area contributed by atoms with Gasteiger partial charge >= 0.3 is 5.97 Å². The number of carbonyl (C=O) groups excluding carboxylic acids is 1. The summed E-state index contributed by atoms with van der Waals surface area (Å²) in [5.41, 5.74) is 7.62. The zero-order valence-corrected chi connectivity index (χ0v) is 11.2. The molecule has 7 heteroatoms. The van der Waals surface area contributed by atoms with E-state index in [1.54, 1.807) is 6.20 Å². The van der Waals surface area contributed by atoms with Crippen molar-refractivity contribution in [3.8, 4) is 0 Å². The maximum atomic E-state index is 11.9. The number of rotatable bonds is 6. The van der Waals surface area contributed by atoms with Gasteiger partial charge in [0.25, 0.3) is 0 Å². The number of nitrogens with two attached hydrogens (primary N) is 1. The van der Waals surface area contributed by atoms with Gasteiger partial charge in [-0.3, -0.25) is 4.79 Å². The number of benzene rings is 1. The van der Waals surface area contributed by atoms with Crippen molar-refractivity contribution in [2.45, 2.75) is 18.5 Å². The van der Waals surface area contributed by atoms with Gasteiger partial charge in [0.05, 0.1) is 12.6 Å². The fourth-order valence-electron chi connectivity index (χ4n) is 2.09. The van der Waals surface area contributed by atoms with Crippen LogP contribution in [0.2, 0.25) is 0 Å². The molecule has 0 aliphatic rings. The molecule has 1 aromatic heterocycles. The number of aromatic amines is 1. The first-order valence-electron chi connectivity index (χ1n) is 6.47. The predicted octanol–water partition coefficient (Wildman–Crippen LogP) is -0.401. The van der Waals surface area contributed by atoms with E-state index >= 15 is 0 Å². The molecule has 7 nitrogen and oxygen atoms in total. The van der Waals surface area contributed by atoms with Crippen LogP contribution in [0.5, 0.6) is 0 Å². The van der Waals surface area contributed by atoms with Crippen LogP contribution in [0.3, 0.4) is 0 Å². The standard InChI is InChI=1S/C14H17N3O4/c15-10(13(19)17-12(7-18)14(20)21)5-8-6-16-11-4-2-1-3-9(8)11/h1-4,6,10,12,16,18H,5,7,15H2,(H,17,19)(H,20,21)/t10?,12-/m0/s1. The van der Waals surface area contributed by atoms with Crippen molar-refractivity contribution >= 4 is 22.8 Å². The second kappa shape index (κ2) is 6.38. The average molecular weight is 291 g/mol. The highest BCUT2D eigenvalue weighted by molar-refractivity contribution is 5.88. The number of carboxylic acids is 1. The largest absolute Gasteiger partial charge is 0.480 e. The lowest BCUT2D eigenvalue weighted by molar-refractivity contribution is -0.143. The molecular formula is C14H17N3O4. The van der Waals surface area contributed by atoms with Crippen LogP contribution < -0.4 is 11.1 Å². The Kier molecular flexibility index (Phi) is 4.56. The molecule has 0 radical (unpaired) electrons. The molecule has 21 heavy (non-hydrogen) atoms. The highest BCUT2D eigenvalue weighted by atomic mass is 16.4. The Bertz CT molecular complexity index is 652. The second-order valence-corrected chi connectivity index (χ2v) is 4.75. The number of amides is 1.